The largest absolute Gasteiger partial charge is 0.507 e. The van der Waals surface area contributed by atoms with Crippen molar-refractivity contribution in [2.45, 2.75) is 105 Å². The predicted molar refractivity (Wildman–Crippen MR) is 113 cm³/mol. The minimum Gasteiger partial charge on any atom is -0.507 e. The van der Waals surface area contributed by atoms with E-state index in [-0.39, 0.29) is 5.41 Å². The molecule has 0 aliphatic carbocycles. The fraction of sp³-hybridized carbons (Fsp3) is 0.750. The number of unbranched alkanes of at least 4 members (excludes halogenated alkanes) is 6. The van der Waals surface area contributed by atoms with E-state index >= 15 is 0 Å². The molecule has 0 amide bonds. The van der Waals surface area contributed by atoms with Crippen molar-refractivity contribution in [1.29, 1.82) is 0 Å². The second-order valence-corrected chi connectivity index (χ2v) is 9.27. The third kappa shape index (κ3) is 9.07. The van der Waals surface area contributed by atoms with Crippen molar-refractivity contribution < 1.29 is 9.84 Å². The first-order valence-electron chi connectivity index (χ1n) is 10.6. The molecule has 150 valence electrons. The zero-order valence-corrected chi connectivity index (χ0v) is 18.2. The number of aromatic hydroxyl groups is 1. The van der Waals surface area contributed by atoms with Crippen LogP contribution in [0.25, 0.3) is 0 Å². The fourth-order valence-electron chi connectivity index (χ4n) is 3.34. The maximum atomic E-state index is 10.3. The summed E-state index contributed by atoms with van der Waals surface area (Å²) in [6.07, 6.45) is 10.7. The number of aryl methyl sites for hydroxylation is 1. The van der Waals surface area contributed by atoms with Gasteiger partial charge in [-0.1, -0.05) is 85.6 Å². The molecule has 0 atom stereocenters. The zero-order valence-electron chi connectivity index (χ0n) is 18.2. The van der Waals surface area contributed by atoms with Gasteiger partial charge in [0.1, 0.15) is 5.75 Å². The van der Waals surface area contributed by atoms with Crippen molar-refractivity contribution in [2.24, 2.45) is 5.92 Å². The third-order valence-electron chi connectivity index (χ3n) is 5.01. The lowest BCUT2D eigenvalue weighted by atomic mass is 9.84. The van der Waals surface area contributed by atoms with Gasteiger partial charge in [0.05, 0.1) is 6.61 Å². The normalized spacial score (nSPS) is 12.1. The Morgan fingerprint density at radius 2 is 1.50 bits per heavy atom. The van der Waals surface area contributed by atoms with Crippen molar-refractivity contribution in [1.82, 2.24) is 0 Å². The highest BCUT2D eigenvalue weighted by Gasteiger charge is 2.20. The summed E-state index contributed by atoms with van der Waals surface area (Å²) >= 11 is 0. The van der Waals surface area contributed by atoms with Crippen LogP contribution < -0.4 is 0 Å². The molecule has 1 aromatic rings. The first-order chi connectivity index (χ1) is 12.2. The van der Waals surface area contributed by atoms with Crippen molar-refractivity contribution in [3.8, 4) is 5.75 Å². The number of ether oxygens (including phenoxy) is 1. The summed E-state index contributed by atoms with van der Waals surface area (Å²) in [5.74, 6) is 1.28. The lowest BCUT2D eigenvalue weighted by Gasteiger charge is -2.22. The van der Waals surface area contributed by atoms with Gasteiger partial charge >= 0.3 is 0 Å². The Kier molecular flexibility index (Phi) is 10.3. The monoisotopic (exact) mass is 362 g/mol. The van der Waals surface area contributed by atoms with Crippen LogP contribution in [0, 0.1) is 12.8 Å². The van der Waals surface area contributed by atoms with Crippen LogP contribution in [0.4, 0.5) is 0 Å². The average molecular weight is 363 g/mol. The molecule has 0 saturated heterocycles. The molecule has 1 N–H and O–H groups in total. The van der Waals surface area contributed by atoms with E-state index in [4.69, 9.17) is 4.74 Å². The topological polar surface area (TPSA) is 29.5 Å². The summed E-state index contributed by atoms with van der Waals surface area (Å²) in [6, 6.07) is 4.14. The molecule has 0 aliphatic heterocycles. The van der Waals surface area contributed by atoms with Crippen LogP contribution in [0.2, 0.25) is 0 Å². The first-order valence-corrected chi connectivity index (χ1v) is 10.6. The van der Waals surface area contributed by atoms with Crippen molar-refractivity contribution in [2.75, 3.05) is 6.61 Å². The Morgan fingerprint density at radius 3 is 2.08 bits per heavy atom. The lowest BCUT2D eigenvalue weighted by molar-refractivity contribution is 0.116. The van der Waals surface area contributed by atoms with Crippen molar-refractivity contribution in [3.05, 3.63) is 28.8 Å². The van der Waals surface area contributed by atoms with Gasteiger partial charge in [-0.2, -0.15) is 0 Å². The van der Waals surface area contributed by atoms with Crippen molar-refractivity contribution in [3.63, 3.8) is 0 Å². The molecule has 0 saturated carbocycles. The van der Waals surface area contributed by atoms with Gasteiger partial charge < -0.3 is 9.84 Å². The summed E-state index contributed by atoms with van der Waals surface area (Å²) < 4.78 is 5.87. The molecule has 2 nitrogen and oxygen atoms in total. The maximum Gasteiger partial charge on any atom is 0.122 e. The highest BCUT2D eigenvalue weighted by molar-refractivity contribution is 5.46. The van der Waals surface area contributed by atoms with Gasteiger partial charge in [0, 0.05) is 6.61 Å². The molecule has 0 fully saturated rings. The predicted octanol–water partition coefficient (Wildman–Crippen LogP) is 7.29. The number of rotatable bonds is 12. The maximum absolute atomic E-state index is 10.3. The van der Waals surface area contributed by atoms with Crippen LogP contribution >= 0.6 is 0 Å². The molecule has 0 heterocycles. The summed E-state index contributed by atoms with van der Waals surface area (Å²) in [6.45, 7) is 14.5. The SMILES string of the molecule is Cc1cc(COCCCCCCCCCC(C)C)cc(C(C)(C)C)c1O. The summed E-state index contributed by atoms with van der Waals surface area (Å²) in [5, 5.41) is 10.3. The Labute approximate surface area is 162 Å². The van der Waals surface area contributed by atoms with Gasteiger partial charge in [-0.15, -0.1) is 0 Å². The highest BCUT2D eigenvalue weighted by atomic mass is 16.5. The molecule has 2 heteroatoms. The van der Waals surface area contributed by atoms with E-state index in [1.54, 1.807) is 0 Å². The van der Waals surface area contributed by atoms with Crippen LogP contribution in [0.3, 0.4) is 0 Å². The standard InChI is InChI=1S/C24H42O2/c1-19(2)14-12-10-8-7-9-11-13-15-26-18-21-16-20(3)23(25)22(17-21)24(4,5)6/h16-17,19,25H,7-15,18H2,1-6H3. The van der Waals surface area contributed by atoms with Crippen molar-refractivity contribution >= 4 is 0 Å². The van der Waals surface area contributed by atoms with Crippen LogP contribution in [0.1, 0.15) is 103 Å². The molecule has 0 radical (unpaired) electrons. The van der Waals surface area contributed by atoms with Gasteiger partial charge in [-0.05, 0) is 47.4 Å². The average Bonchev–Trinajstić information content (AvgIpc) is 2.54. The minimum atomic E-state index is -0.0555. The Bertz CT molecular complexity index is 512. The van der Waals surface area contributed by atoms with Gasteiger partial charge in [-0.25, -0.2) is 0 Å². The Hall–Kier alpha value is -1.02. The molecule has 0 bridgehead atoms. The summed E-state index contributed by atoms with van der Waals surface area (Å²) in [4.78, 5) is 0. The van der Waals surface area contributed by atoms with E-state index < -0.39 is 0 Å². The molecule has 1 rings (SSSR count). The molecular formula is C24H42O2. The third-order valence-corrected chi connectivity index (χ3v) is 5.01. The first kappa shape index (κ1) is 23.0. The van der Waals surface area contributed by atoms with Crippen LogP contribution in [-0.4, -0.2) is 11.7 Å². The quantitative estimate of drug-likeness (QED) is 0.395. The molecule has 26 heavy (non-hydrogen) atoms. The number of hydrogen-bond donors (Lipinski definition) is 1. The fourth-order valence-corrected chi connectivity index (χ4v) is 3.34. The number of phenolic OH excluding ortho intramolecular Hbond substituents is 1. The zero-order chi connectivity index (χ0) is 19.6. The molecule has 0 aliphatic rings. The summed E-state index contributed by atoms with van der Waals surface area (Å²) in [5.41, 5.74) is 3.05. The minimum absolute atomic E-state index is 0.0555. The van der Waals surface area contributed by atoms with Gasteiger partial charge in [0.25, 0.3) is 0 Å². The van der Waals surface area contributed by atoms with E-state index in [2.05, 4.69) is 40.7 Å². The van der Waals surface area contributed by atoms with E-state index in [1.807, 2.05) is 13.0 Å². The molecule has 0 spiro atoms. The number of benzene rings is 1. The van der Waals surface area contributed by atoms with Gasteiger partial charge in [0.15, 0.2) is 0 Å². The van der Waals surface area contributed by atoms with Gasteiger partial charge in [-0.3, -0.25) is 0 Å². The molecule has 0 aromatic heterocycles. The Morgan fingerprint density at radius 1 is 0.923 bits per heavy atom. The number of phenols is 1. The summed E-state index contributed by atoms with van der Waals surface area (Å²) in [7, 11) is 0. The molecule has 0 unspecified atom stereocenters. The van der Waals surface area contributed by atoms with E-state index in [9.17, 15) is 5.11 Å². The van der Waals surface area contributed by atoms with Crippen LogP contribution in [0.5, 0.6) is 5.75 Å². The van der Waals surface area contributed by atoms with Gasteiger partial charge in [0.2, 0.25) is 0 Å². The number of hydrogen-bond acceptors (Lipinski definition) is 2. The Balaban J connectivity index is 2.18. The molecular weight excluding hydrogens is 320 g/mol. The second-order valence-electron chi connectivity index (χ2n) is 9.27. The second kappa shape index (κ2) is 11.6. The van der Waals surface area contributed by atoms with E-state index in [0.29, 0.717) is 12.4 Å². The molecule has 1 aromatic carbocycles. The van der Waals surface area contributed by atoms with Crippen LogP contribution in [-0.2, 0) is 16.8 Å². The lowest BCUT2D eigenvalue weighted by Crippen LogP contribution is -2.12. The van der Waals surface area contributed by atoms with E-state index in [0.717, 1.165) is 35.6 Å². The highest BCUT2D eigenvalue weighted by Crippen LogP contribution is 2.34. The van der Waals surface area contributed by atoms with Crippen LogP contribution in [0.15, 0.2) is 12.1 Å². The van der Waals surface area contributed by atoms with E-state index in [1.165, 1.54) is 44.9 Å². The smallest absolute Gasteiger partial charge is 0.122 e.